The summed E-state index contributed by atoms with van der Waals surface area (Å²) in [6.07, 6.45) is 0.585. The van der Waals surface area contributed by atoms with E-state index < -0.39 is 17.8 Å². The summed E-state index contributed by atoms with van der Waals surface area (Å²) in [6.45, 7) is 2.26. The zero-order chi connectivity index (χ0) is 24.1. The summed E-state index contributed by atoms with van der Waals surface area (Å²) < 4.78 is 18.8. The van der Waals surface area contributed by atoms with Gasteiger partial charge in [0.15, 0.2) is 11.5 Å². The Labute approximate surface area is 204 Å². The highest BCUT2D eigenvalue weighted by molar-refractivity contribution is 9.10. The molecule has 8 nitrogen and oxygen atoms in total. The second-order valence-electron chi connectivity index (χ2n) is 7.86. The van der Waals surface area contributed by atoms with Crippen molar-refractivity contribution in [2.45, 2.75) is 19.9 Å². The molecule has 9 heteroatoms. The minimum absolute atomic E-state index is 0.0732. The first-order valence-electron chi connectivity index (χ1n) is 10.7. The zero-order valence-corrected chi connectivity index (χ0v) is 20.4. The van der Waals surface area contributed by atoms with Crippen LogP contribution in [-0.4, -0.2) is 43.2 Å². The summed E-state index contributed by atoms with van der Waals surface area (Å²) in [7, 11) is 3.09. The number of amides is 2. The maximum absolute atomic E-state index is 13.7. The molecule has 0 bridgehead atoms. The topological polar surface area (TPSA) is 87.1 Å². The van der Waals surface area contributed by atoms with Crippen molar-refractivity contribution in [3.05, 3.63) is 63.3 Å². The zero-order valence-electron chi connectivity index (χ0n) is 18.8. The Morgan fingerprint density at radius 2 is 1.65 bits per heavy atom. The number of imide groups is 1. The highest BCUT2D eigenvalue weighted by Crippen LogP contribution is 2.46. The number of rotatable bonds is 5. The monoisotopic (exact) mass is 524 g/mol. The number of fused-ring (bicyclic) bond motifs is 5. The molecule has 0 unspecified atom stereocenters. The molecule has 3 aromatic rings. The van der Waals surface area contributed by atoms with E-state index >= 15 is 0 Å². The Kier molecular flexibility index (Phi) is 5.44. The van der Waals surface area contributed by atoms with Gasteiger partial charge in [-0.3, -0.25) is 9.59 Å². The van der Waals surface area contributed by atoms with Gasteiger partial charge in [-0.1, -0.05) is 15.9 Å². The van der Waals surface area contributed by atoms with E-state index in [0.29, 0.717) is 35.8 Å². The van der Waals surface area contributed by atoms with Crippen LogP contribution in [0.4, 0.5) is 5.69 Å². The molecule has 0 N–H and O–H groups in total. The first-order valence-corrected chi connectivity index (χ1v) is 11.5. The fraction of sp³-hybridized carbons (Fsp3) is 0.240. The number of halogens is 1. The molecule has 0 spiro atoms. The van der Waals surface area contributed by atoms with Gasteiger partial charge in [-0.15, -0.1) is 0 Å². The highest BCUT2D eigenvalue weighted by atomic mass is 79.9. The first-order chi connectivity index (χ1) is 16.4. The van der Waals surface area contributed by atoms with Gasteiger partial charge in [-0.05, 0) is 55.3 Å². The fourth-order valence-electron chi connectivity index (χ4n) is 4.67. The minimum atomic E-state index is -0.632. The summed E-state index contributed by atoms with van der Waals surface area (Å²) in [5, 5.41) is 0. The number of hydrogen-bond acceptors (Lipinski definition) is 6. The third-order valence-corrected chi connectivity index (χ3v) is 6.65. The molecule has 174 valence electrons. The van der Waals surface area contributed by atoms with E-state index in [2.05, 4.69) is 15.9 Å². The third kappa shape index (κ3) is 3.14. The van der Waals surface area contributed by atoms with Crippen LogP contribution in [0.5, 0.6) is 11.5 Å². The number of hydrogen-bond donors (Lipinski definition) is 0. The number of aryl methyl sites for hydroxylation is 1. The van der Waals surface area contributed by atoms with Crippen LogP contribution < -0.4 is 14.4 Å². The molecule has 2 aliphatic heterocycles. The maximum Gasteiger partial charge on any atom is 0.355 e. The molecule has 0 atom stereocenters. The molecule has 2 amide bonds. The van der Waals surface area contributed by atoms with Crippen LogP contribution in [-0.2, 0) is 17.7 Å². The normalized spacial score (nSPS) is 13.9. The van der Waals surface area contributed by atoms with Crippen molar-refractivity contribution >= 4 is 39.4 Å². The molecule has 2 aromatic carbocycles. The van der Waals surface area contributed by atoms with E-state index in [0.717, 1.165) is 20.5 Å². The van der Waals surface area contributed by atoms with Crippen molar-refractivity contribution in [1.29, 1.82) is 0 Å². The summed E-state index contributed by atoms with van der Waals surface area (Å²) >= 11 is 3.37. The smallest absolute Gasteiger partial charge is 0.355 e. The number of aromatic nitrogens is 1. The Morgan fingerprint density at radius 1 is 1.00 bits per heavy atom. The predicted octanol–water partition coefficient (Wildman–Crippen LogP) is 4.47. The van der Waals surface area contributed by atoms with Gasteiger partial charge in [-0.25, -0.2) is 9.69 Å². The second kappa shape index (κ2) is 8.32. The number of esters is 1. The van der Waals surface area contributed by atoms with Gasteiger partial charge in [0.05, 0.1) is 43.3 Å². The Balaban J connectivity index is 1.77. The van der Waals surface area contributed by atoms with Crippen molar-refractivity contribution in [2.75, 3.05) is 25.7 Å². The molecular weight excluding hydrogens is 504 g/mol. The Hall–Kier alpha value is -3.59. The van der Waals surface area contributed by atoms with Crippen LogP contribution in [0.15, 0.2) is 40.9 Å². The molecule has 0 fully saturated rings. The second-order valence-corrected chi connectivity index (χ2v) is 8.77. The molecule has 2 aliphatic rings. The van der Waals surface area contributed by atoms with E-state index in [1.165, 1.54) is 7.11 Å². The van der Waals surface area contributed by atoms with Crippen LogP contribution in [0.1, 0.15) is 43.7 Å². The van der Waals surface area contributed by atoms with Crippen molar-refractivity contribution in [3.8, 4) is 22.8 Å². The van der Waals surface area contributed by atoms with E-state index in [-0.39, 0.29) is 23.4 Å². The fourth-order valence-corrected chi connectivity index (χ4v) is 4.94. The van der Waals surface area contributed by atoms with Gasteiger partial charge >= 0.3 is 5.97 Å². The lowest BCUT2D eigenvalue weighted by molar-refractivity contribution is 0.0510. The standard InChI is InChI=1S/C25H21BrN2O6/c1-4-34-25(31)22-20-19(23(29)28(24(20)30)15-7-5-14(26)6-8-15)21-16-12-18(33-3)17(32-2)11-13(16)9-10-27(21)22/h5-8,11-12H,4,9-10H2,1-3H3. The third-order valence-electron chi connectivity index (χ3n) is 6.12. The van der Waals surface area contributed by atoms with Gasteiger partial charge in [-0.2, -0.15) is 0 Å². The van der Waals surface area contributed by atoms with E-state index in [1.54, 1.807) is 48.9 Å². The number of benzene rings is 2. The summed E-state index contributed by atoms with van der Waals surface area (Å²) in [4.78, 5) is 41.5. The Morgan fingerprint density at radius 3 is 2.29 bits per heavy atom. The van der Waals surface area contributed by atoms with Crippen LogP contribution in [0.2, 0.25) is 0 Å². The van der Waals surface area contributed by atoms with Gasteiger partial charge in [0.2, 0.25) is 0 Å². The average Bonchev–Trinajstić information content (AvgIpc) is 3.31. The molecule has 3 heterocycles. The van der Waals surface area contributed by atoms with Crippen molar-refractivity contribution in [3.63, 3.8) is 0 Å². The Bertz CT molecular complexity index is 1360. The van der Waals surface area contributed by atoms with Crippen LogP contribution >= 0.6 is 15.9 Å². The molecule has 0 saturated heterocycles. The van der Waals surface area contributed by atoms with Gasteiger partial charge < -0.3 is 18.8 Å². The summed E-state index contributed by atoms with van der Waals surface area (Å²) in [6, 6.07) is 10.5. The molecule has 5 rings (SSSR count). The van der Waals surface area contributed by atoms with Gasteiger partial charge in [0, 0.05) is 16.6 Å². The molecular formula is C25H21BrN2O6. The summed E-state index contributed by atoms with van der Waals surface area (Å²) in [5.74, 6) is -0.599. The lowest BCUT2D eigenvalue weighted by Crippen LogP contribution is -2.32. The van der Waals surface area contributed by atoms with Crippen LogP contribution in [0.3, 0.4) is 0 Å². The van der Waals surface area contributed by atoms with Crippen LogP contribution in [0, 0.1) is 0 Å². The molecule has 0 radical (unpaired) electrons. The van der Waals surface area contributed by atoms with Crippen molar-refractivity contribution < 1.29 is 28.6 Å². The van der Waals surface area contributed by atoms with Gasteiger partial charge in [0.25, 0.3) is 11.8 Å². The van der Waals surface area contributed by atoms with Crippen LogP contribution in [0.25, 0.3) is 11.3 Å². The molecule has 0 saturated carbocycles. The molecule has 0 aliphatic carbocycles. The number of anilines is 1. The number of nitrogens with zero attached hydrogens (tertiary/aromatic N) is 2. The SMILES string of the molecule is CCOC(=O)c1c2c(c3n1CCc1cc(OC)c(OC)cc1-3)C(=O)N(c1ccc(Br)cc1)C2=O. The highest BCUT2D eigenvalue weighted by Gasteiger charge is 2.47. The largest absolute Gasteiger partial charge is 0.493 e. The number of carbonyl (C=O) groups is 3. The average molecular weight is 525 g/mol. The predicted molar refractivity (Wildman–Crippen MR) is 128 cm³/mol. The minimum Gasteiger partial charge on any atom is -0.493 e. The number of methoxy groups -OCH3 is 2. The van der Waals surface area contributed by atoms with E-state index in [9.17, 15) is 14.4 Å². The van der Waals surface area contributed by atoms with Crippen molar-refractivity contribution in [1.82, 2.24) is 4.57 Å². The number of carbonyl (C=O) groups excluding carboxylic acids is 3. The lowest BCUT2D eigenvalue weighted by Gasteiger charge is -2.24. The van der Waals surface area contributed by atoms with Gasteiger partial charge in [0.1, 0.15) is 5.69 Å². The molecule has 34 heavy (non-hydrogen) atoms. The first kappa shape index (κ1) is 22.2. The lowest BCUT2D eigenvalue weighted by atomic mass is 9.95. The maximum atomic E-state index is 13.7. The number of ether oxygens (including phenoxy) is 3. The van der Waals surface area contributed by atoms with E-state index in [4.69, 9.17) is 14.2 Å². The summed E-state index contributed by atoms with van der Waals surface area (Å²) in [5.41, 5.74) is 2.96. The van der Waals surface area contributed by atoms with E-state index in [1.807, 2.05) is 6.07 Å². The van der Waals surface area contributed by atoms with Crippen molar-refractivity contribution in [2.24, 2.45) is 0 Å². The molecule has 1 aromatic heterocycles. The quantitative estimate of drug-likeness (QED) is 0.361.